The minimum atomic E-state index is -3.81. The summed E-state index contributed by atoms with van der Waals surface area (Å²) in [6, 6.07) is 0.411. The molecule has 8 heteroatoms. The first-order valence-electron chi connectivity index (χ1n) is 6.61. The Labute approximate surface area is 124 Å². The van der Waals surface area contributed by atoms with Crippen molar-refractivity contribution in [3.8, 4) is 0 Å². The van der Waals surface area contributed by atoms with Gasteiger partial charge in [-0.3, -0.25) is 4.79 Å². The van der Waals surface area contributed by atoms with Crippen molar-refractivity contribution in [2.45, 2.75) is 51.8 Å². The van der Waals surface area contributed by atoms with Gasteiger partial charge in [0.05, 0.1) is 0 Å². The lowest BCUT2D eigenvalue weighted by molar-refractivity contribution is -0.140. The van der Waals surface area contributed by atoms with E-state index in [2.05, 4.69) is 9.88 Å². The van der Waals surface area contributed by atoms with Gasteiger partial charge in [-0.2, -0.15) is 0 Å². The predicted octanol–water partition coefficient (Wildman–Crippen LogP) is 1.50. The number of rotatable bonds is 6. The SMILES string of the molecule is CC(C)[C@H](NS(=O)(=O)Cc1cc(C(C)(C)C)on1)C(=O)O. The Bertz CT molecular complexity index is 598. The number of hydrogen-bond donors (Lipinski definition) is 2. The Hall–Kier alpha value is -1.41. The van der Waals surface area contributed by atoms with E-state index in [0.29, 0.717) is 5.76 Å². The second-order valence-electron chi connectivity index (χ2n) is 6.37. The van der Waals surface area contributed by atoms with Crippen molar-refractivity contribution < 1.29 is 22.8 Å². The number of carbonyl (C=O) groups is 1. The zero-order valence-electron chi connectivity index (χ0n) is 12.9. The quantitative estimate of drug-likeness (QED) is 0.822. The molecule has 0 unspecified atom stereocenters. The molecule has 0 aliphatic heterocycles. The minimum Gasteiger partial charge on any atom is -0.480 e. The van der Waals surface area contributed by atoms with E-state index in [1.54, 1.807) is 19.9 Å². The van der Waals surface area contributed by atoms with Gasteiger partial charge in [0.2, 0.25) is 10.0 Å². The van der Waals surface area contributed by atoms with E-state index in [1.165, 1.54) is 0 Å². The van der Waals surface area contributed by atoms with Crippen LogP contribution in [-0.2, 0) is 26.0 Å². The average Bonchev–Trinajstić information content (AvgIpc) is 2.72. The molecule has 21 heavy (non-hydrogen) atoms. The normalized spacial score (nSPS) is 14.4. The first-order chi connectivity index (χ1) is 9.42. The highest BCUT2D eigenvalue weighted by Crippen LogP contribution is 2.23. The third kappa shape index (κ3) is 5.13. The van der Waals surface area contributed by atoms with Crippen molar-refractivity contribution in [3.63, 3.8) is 0 Å². The molecule has 0 aromatic carbocycles. The molecule has 1 aromatic rings. The monoisotopic (exact) mass is 318 g/mol. The van der Waals surface area contributed by atoms with Crippen LogP contribution in [0.5, 0.6) is 0 Å². The molecule has 120 valence electrons. The summed E-state index contributed by atoms with van der Waals surface area (Å²) in [4.78, 5) is 11.0. The Kier molecular flexibility index (Phi) is 5.16. The first kappa shape index (κ1) is 17.6. The number of carboxylic acids is 1. The summed E-state index contributed by atoms with van der Waals surface area (Å²) >= 11 is 0. The topological polar surface area (TPSA) is 110 Å². The van der Waals surface area contributed by atoms with E-state index < -0.39 is 27.8 Å². The van der Waals surface area contributed by atoms with Gasteiger partial charge in [-0.15, -0.1) is 0 Å². The van der Waals surface area contributed by atoms with Gasteiger partial charge in [-0.05, 0) is 5.92 Å². The van der Waals surface area contributed by atoms with Crippen LogP contribution in [0.15, 0.2) is 10.6 Å². The summed E-state index contributed by atoms with van der Waals surface area (Å²) in [7, 11) is -3.81. The summed E-state index contributed by atoms with van der Waals surface area (Å²) in [5.74, 6) is -1.40. The highest BCUT2D eigenvalue weighted by atomic mass is 32.2. The molecular formula is C13H22N2O5S. The Morgan fingerprint density at radius 1 is 1.43 bits per heavy atom. The molecule has 1 heterocycles. The summed E-state index contributed by atoms with van der Waals surface area (Å²) in [6.07, 6.45) is 0. The standard InChI is InChI=1S/C13H22N2O5S/c1-8(2)11(12(16)17)15-21(18,19)7-9-6-10(20-14-9)13(3,4)5/h6,8,11,15H,7H2,1-5H3,(H,16,17)/t11-/m0/s1. The molecule has 0 radical (unpaired) electrons. The van der Waals surface area contributed by atoms with Gasteiger partial charge in [0.15, 0.2) is 0 Å². The van der Waals surface area contributed by atoms with Crippen LogP contribution in [0.25, 0.3) is 0 Å². The van der Waals surface area contributed by atoms with E-state index in [4.69, 9.17) is 9.63 Å². The first-order valence-corrected chi connectivity index (χ1v) is 8.26. The molecule has 0 aliphatic carbocycles. The number of nitrogens with zero attached hydrogens (tertiary/aromatic N) is 1. The van der Waals surface area contributed by atoms with Crippen LogP contribution in [0.2, 0.25) is 0 Å². The van der Waals surface area contributed by atoms with Crippen LogP contribution in [0.4, 0.5) is 0 Å². The van der Waals surface area contributed by atoms with Gasteiger partial charge in [-0.1, -0.05) is 39.8 Å². The fraction of sp³-hybridized carbons (Fsp3) is 0.692. The largest absolute Gasteiger partial charge is 0.480 e. The van der Waals surface area contributed by atoms with Crippen molar-refractivity contribution in [2.24, 2.45) is 5.92 Å². The molecular weight excluding hydrogens is 296 g/mol. The van der Waals surface area contributed by atoms with E-state index in [9.17, 15) is 13.2 Å². The molecule has 0 fully saturated rings. The van der Waals surface area contributed by atoms with Gasteiger partial charge < -0.3 is 9.63 Å². The second-order valence-corrected chi connectivity index (χ2v) is 8.12. The van der Waals surface area contributed by atoms with Crippen LogP contribution in [0.3, 0.4) is 0 Å². The third-order valence-electron chi connectivity index (χ3n) is 2.88. The maximum Gasteiger partial charge on any atom is 0.321 e. The molecule has 0 bridgehead atoms. The van der Waals surface area contributed by atoms with Gasteiger partial charge >= 0.3 is 5.97 Å². The summed E-state index contributed by atoms with van der Waals surface area (Å²) in [5, 5.41) is 12.7. The zero-order valence-corrected chi connectivity index (χ0v) is 13.7. The molecule has 2 N–H and O–H groups in total. The van der Waals surface area contributed by atoms with Gasteiger partial charge in [0.25, 0.3) is 0 Å². The van der Waals surface area contributed by atoms with E-state index in [-0.39, 0.29) is 17.0 Å². The van der Waals surface area contributed by atoms with E-state index in [1.807, 2.05) is 20.8 Å². The number of hydrogen-bond acceptors (Lipinski definition) is 5. The van der Waals surface area contributed by atoms with Crippen molar-refractivity contribution in [1.82, 2.24) is 9.88 Å². The number of nitrogens with one attached hydrogen (secondary N) is 1. The second kappa shape index (κ2) is 6.15. The van der Waals surface area contributed by atoms with Crippen molar-refractivity contribution in [1.29, 1.82) is 0 Å². The Morgan fingerprint density at radius 2 is 2.00 bits per heavy atom. The number of aromatic nitrogens is 1. The van der Waals surface area contributed by atoms with Gasteiger partial charge in [0, 0.05) is 11.5 Å². The summed E-state index contributed by atoms with van der Waals surface area (Å²) in [6.45, 7) is 9.03. The van der Waals surface area contributed by atoms with Crippen LogP contribution >= 0.6 is 0 Å². The number of aliphatic carboxylic acids is 1. The lowest BCUT2D eigenvalue weighted by Crippen LogP contribution is -2.44. The van der Waals surface area contributed by atoms with E-state index >= 15 is 0 Å². The number of sulfonamides is 1. The molecule has 0 aliphatic rings. The fourth-order valence-electron chi connectivity index (χ4n) is 1.63. The van der Waals surface area contributed by atoms with Crippen molar-refractivity contribution in [2.75, 3.05) is 0 Å². The van der Waals surface area contributed by atoms with Crippen molar-refractivity contribution in [3.05, 3.63) is 17.5 Å². The summed E-state index contributed by atoms with van der Waals surface area (Å²) in [5.41, 5.74) is -0.0235. The van der Waals surface area contributed by atoms with Crippen LogP contribution in [0.1, 0.15) is 46.1 Å². The third-order valence-corrected chi connectivity index (χ3v) is 4.16. The minimum absolute atomic E-state index is 0.250. The predicted molar refractivity (Wildman–Crippen MR) is 77.2 cm³/mol. The average molecular weight is 318 g/mol. The molecule has 1 rings (SSSR count). The molecule has 1 aromatic heterocycles. The van der Waals surface area contributed by atoms with E-state index in [0.717, 1.165) is 0 Å². The molecule has 0 saturated heterocycles. The molecule has 1 atom stereocenters. The highest BCUT2D eigenvalue weighted by Gasteiger charge is 2.28. The molecule has 0 saturated carbocycles. The molecule has 7 nitrogen and oxygen atoms in total. The highest BCUT2D eigenvalue weighted by molar-refractivity contribution is 7.88. The fourth-order valence-corrected chi connectivity index (χ4v) is 3.00. The summed E-state index contributed by atoms with van der Waals surface area (Å²) < 4.78 is 31.3. The van der Waals surface area contributed by atoms with Crippen LogP contribution in [0, 0.1) is 5.92 Å². The zero-order chi connectivity index (χ0) is 16.4. The van der Waals surface area contributed by atoms with Crippen LogP contribution < -0.4 is 4.72 Å². The Morgan fingerprint density at radius 3 is 2.38 bits per heavy atom. The van der Waals surface area contributed by atoms with Crippen molar-refractivity contribution >= 4 is 16.0 Å². The lowest BCUT2D eigenvalue weighted by atomic mass is 9.93. The lowest BCUT2D eigenvalue weighted by Gasteiger charge is -2.17. The molecule has 0 amide bonds. The van der Waals surface area contributed by atoms with Crippen LogP contribution in [-0.4, -0.2) is 30.7 Å². The van der Waals surface area contributed by atoms with Gasteiger partial charge in [0.1, 0.15) is 23.2 Å². The smallest absolute Gasteiger partial charge is 0.321 e. The van der Waals surface area contributed by atoms with Gasteiger partial charge in [-0.25, -0.2) is 13.1 Å². The Balaban J connectivity index is 2.86. The number of carboxylic acid groups (broad SMARTS) is 1. The maximum absolute atomic E-state index is 12.0. The maximum atomic E-state index is 12.0. The molecule has 0 spiro atoms.